The quantitative estimate of drug-likeness (QED) is 0.738. The largest absolute Gasteiger partial charge is 0.478 e. The van der Waals surface area contributed by atoms with Gasteiger partial charge in [-0.15, -0.1) is 0 Å². The molecule has 0 heterocycles. The van der Waals surface area contributed by atoms with E-state index >= 15 is 0 Å². The van der Waals surface area contributed by atoms with Crippen LogP contribution in [0.5, 0.6) is 0 Å². The molecule has 17 heavy (non-hydrogen) atoms. The minimum atomic E-state index is -0.935. The minimum absolute atomic E-state index is 0.176. The van der Waals surface area contributed by atoms with Gasteiger partial charge in [-0.25, -0.2) is 9.59 Å². The zero-order valence-electron chi connectivity index (χ0n) is 11.1. The topological polar surface area (TPSA) is 77.8 Å². The normalized spacial score (nSPS) is 10.6. The summed E-state index contributed by atoms with van der Waals surface area (Å²) in [4.78, 5) is 22.0. The van der Waals surface area contributed by atoms with Crippen molar-refractivity contribution < 1.29 is 19.8 Å². The van der Waals surface area contributed by atoms with Gasteiger partial charge in [-0.05, 0) is 20.3 Å². The van der Waals surface area contributed by atoms with Crippen LogP contribution in [0.3, 0.4) is 0 Å². The Balaban J connectivity index is 0. The second-order valence-electron chi connectivity index (χ2n) is 3.71. The Hall–Kier alpha value is -1.78. The third-order valence-electron chi connectivity index (χ3n) is 1.99. The van der Waals surface area contributed by atoms with Gasteiger partial charge in [-0.3, -0.25) is 0 Å². The summed E-state index contributed by atoms with van der Waals surface area (Å²) in [5, 5.41) is 16.5. The molecule has 0 aliphatic heterocycles. The molecule has 0 amide bonds. The van der Waals surface area contributed by atoms with Crippen molar-refractivity contribution in [3.05, 3.63) is 23.4 Å². The average Bonchev–Trinajstić information content (AvgIpc) is 2.18. The van der Waals surface area contributed by atoms with Gasteiger partial charge in [-0.2, -0.15) is 0 Å². The molecule has 0 aromatic carbocycles. The second kappa shape index (κ2) is 8.38. The molecule has 0 fully saturated rings. The molecule has 0 aromatic rings. The fourth-order valence-electron chi connectivity index (χ4n) is 1.04. The van der Waals surface area contributed by atoms with E-state index in [1.165, 1.54) is 6.92 Å². The van der Waals surface area contributed by atoms with E-state index in [1.807, 2.05) is 25.9 Å². The Morgan fingerprint density at radius 1 is 1.12 bits per heavy atom. The molecule has 0 radical (unpaired) electrons. The lowest BCUT2D eigenvalue weighted by atomic mass is 10.2. The van der Waals surface area contributed by atoms with E-state index in [9.17, 15) is 9.59 Å². The summed E-state index contributed by atoms with van der Waals surface area (Å²) in [6.45, 7) is 8.17. The van der Waals surface area contributed by atoms with Crippen LogP contribution in [0.25, 0.3) is 0 Å². The first kappa shape index (κ1) is 17.6. The van der Waals surface area contributed by atoms with Crippen LogP contribution in [0, 0.1) is 0 Å². The number of carboxylic acid groups (broad SMARTS) is 2. The van der Waals surface area contributed by atoms with Crippen LogP contribution in [-0.2, 0) is 9.59 Å². The molecule has 0 atom stereocenters. The maximum absolute atomic E-state index is 10.5. The Kier molecular flexibility index (Phi) is 8.68. The lowest BCUT2D eigenvalue weighted by molar-refractivity contribution is -0.133. The zero-order chi connectivity index (χ0) is 14.2. The van der Waals surface area contributed by atoms with Gasteiger partial charge in [0.1, 0.15) is 0 Å². The van der Waals surface area contributed by atoms with Crippen LogP contribution >= 0.6 is 0 Å². The smallest absolute Gasteiger partial charge is 0.333 e. The molecule has 0 rings (SSSR count). The maximum atomic E-state index is 10.5. The number of nitrogens with zero attached hydrogens (tertiary/aromatic N) is 1. The number of carbonyl (C=O) groups is 2. The highest BCUT2D eigenvalue weighted by molar-refractivity contribution is 5.86. The van der Waals surface area contributed by atoms with E-state index in [0.29, 0.717) is 5.57 Å². The number of aliphatic carboxylic acids is 2. The summed E-state index contributed by atoms with van der Waals surface area (Å²) >= 11 is 0. The molecule has 98 valence electrons. The number of rotatable bonds is 4. The van der Waals surface area contributed by atoms with E-state index in [-0.39, 0.29) is 5.57 Å². The van der Waals surface area contributed by atoms with Gasteiger partial charge >= 0.3 is 11.9 Å². The van der Waals surface area contributed by atoms with Crippen molar-refractivity contribution in [3.63, 3.8) is 0 Å². The second-order valence-corrected chi connectivity index (χ2v) is 3.71. The highest BCUT2D eigenvalue weighted by atomic mass is 16.4. The minimum Gasteiger partial charge on any atom is -0.478 e. The van der Waals surface area contributed by atoms with Crippen LogP contribution in [0.1, 0.15) is 27.2 Å². The Labute approximate surface area is 102 Å². The van der Waals surface area contributed by atoms with Crippen molar-refractivity contribution >= 4 is 11.9 Å². The molecular weight excluding hydrogens is 222 g/mol. The predicted molar refractivity (Wildman–Crippen MR) is 66.8 cm³/mol. The average molecular weight is 243 g/mol. The standard InChI is InChI=1S/C8H15NO2.C4H6O2/c1-5-7(9(3)4)6(2)8(10)11;1-3(2)4(5)6/h5H2,1-4H3,(H,10,11);1H2,2H3,(H,5,6)/b7-6+;. The Morgan fingerprint density at radius 3 is 1.53 bits per heavy atom. The number of hydrogen-bond donors (Lipinski definition) is 2. The third kappa shape index (κ3) is 8.07. The van der Waals surface area contributed by atoms with Crippen molar-refractivity contribution in [2.45, 2.75) is 27.2 Å². The van der Waals surface area contributed by atoms with Crippen LogP contribution in [-0.4, -0.2) is 41.1 Å². The first-order valence-electron chi connectivity index (χ1n) is 5.14. The van der Waals surface area contributed by atoms with Crippen LogP contribution in [0.4, 0.5) is 0 Å². The van der Waals surface area contributed by atoms with Gasteiger partial charge in [0.25, 0.3) is 0 Å². The van der Waals surface area contributed by atoms with Crippen molar-refractivity contribution in [3.8, 4) is 0 Å². The van der Waals surface area contributed by atoms with Gasteiger partial charge in [0.2, 0.25) is 0 Å². The molecule has 0 bridgehead atoms. The van der Waals surface area contributed by atoms with E-state index in [2.05, 4.69) is 6.58 Å². The maximum Gasteiger partial charge on any atom is 0.333 e. The van der Waals surface area contributed by atoms with Crippen LogP contribution < -0.4 is 0 Å². The third-order valence-corrected chi connectivity index (χ3v) is 1.99. The van der Waals surface area contributed by atoms with E-state index < -0.39 is 11.9 Å². The fourth-order valence-corrected chi connectivity index (χ4v) is 1.04. The number of carboxylic acids is 2. The van der Waals surface area contributed by atoms with Crippen LogP contribution in [0.2, 0.25) is 0 Å². The summed E-state index contributed by atoms with van der Waals surface area (Å²) in [6, 6.07) is 0. The summed E-state index contributed by atoms with van der Waals surface area (Å²) in [5.74, 6) is -1.77. The van der Waals surface area contributed by atoms with E-state index in [1.54, 1.807) is 6.92 Å². The van der Waals surface area contributed by atoms with Gasteiger partial charge in [0, 0.05) is 25.4 Å². The number of allylic oxidation sites excluding steroid dienone is 1. The molecule has 0 saturated carbocycles. The Morgan fingerprint density at radius 2 is 1.47 bits per heavy atom. The summed E-state index contributed by atoms with van der Waals surface area (Å²) in [5.41, 5.74) is 1.48. The molecule has 5 nitrogen and oxygen atoms in total. The summed E-state index contributed by atoms with van der Waals surface area (Å²) in [6.07, 6.45) is 0.755. The van der Waals surface area contributed by atoms with Crippen molar-refractivity contribution in [1.82, 2.24) is 4.90 Å². The molecule has 0 spiro atoms. The lowest BCUT2D eigenvalue weighted by Gasteiger charge is -2.17. The SMILES string of the molecule is C=C(C)C(=O)O.CC/C(=C(/C)C(=O)O)N(C)C. The molecular formula is C12H21NO4. The lowest BCUT2D eigenvalue weighted by Crippen LogP contribution is -2.15. The van der Waals surface area contributed by atoms with Crippen molar-refractivity contribution in [2.75, 3.05) is 14.1 Å². The molecule has 2 N–H and O–H groups in total. The van der Waals surface area contributed by atoms with E-state index in [0.717, 1.165) is 12.1 Å². The highest BCUT2D eigenvalue weighted by Gasteiger charge is 2.08. The highest BCUT2D eigenvalue weighted by Crippen LogP contribution is 2.10. The van der Waals surface area contributed by atoms with Crippen molar-refractivity contribution in [2.24, 2.45) is 0 Å². The van der Waals surface area contributed by atoms with Gasteiger partial charge in [-0.1, -0.05) is 13.5 Å². The zero-order valence-corrected chi connectivity index (χ0v) is 11.1. The van der Waals surface area contributed by atoms with Gasteiger partial charge < -0.3 is 15.1 Å². The molecule has 0 unspecified atom stereocenters. The predicted octanol–water partition coefficient (Wildman–Crippen LogP) is 1.96. The molecule has 0 aliphatic carbocycles. The first-order valence-corrected chi connectivity index (χ1v) is 5.14. The monoisotopic (exact) mass is 243 g/mol. The van der Waals surface area contributed by atoms with E-state index in [4.69, 9.17) is 10.2 Å². The van der Waals surface area contributed by atoms with Gasteiger partial charge in [0.05, 0.1) is 5.57 Å². The molecule has 5 heteroatoms. The molecule has 0 aromatic heterocycles. The summed E-state index contributed by atoms with van der Waals surface area (Å²) < 4.78 is 0. The van der Waals surface area contributed by atoms with Gasteiger partial charge in [0.15, 0.2) is 0 Å². The number of hydrogen-bond acceptors (Lipinski definition) is 3. The summed E-state index contributed by atoms with van der Waals surface area (Å²) in [7, 11) is 3.70. The first-order chi connectivity index (χ1) is 7.64. The molecule has 0 saturated heterocycles. The van der Waals surface area contributed by atoms with Crippen LogP contribution in [0.15, 0.2) is 23.4 Å². The Bertz CT molecular complexity index is 317. The van der Waals surface area contributed by atoms with Crippen molar-refractivity contribution in [1.29, 1.82) is 0 Å². The fraction of sp³-hybridized carbons (Fsp3) is 0.500. The molecule has 0 aliphatic rings.